The normalized spacial score (nSPS) is 15.0. The zero-order valence-corrected chi connectivity index (χ0v) is 19.2. The Morgan fingerprint density at radius 3 is 2.18 bits per heavy atom. The summed E-state index contributed by atoms with van der Waals surface area (Å²) < 4.78 is 2.79. The van der Waals surface area contributed by atoms with Crippen LogP contribution in [0.4, 0.5) is 0 Å². The van der Waals surface area contributed by atoms with Gasteiger partial charge in [-0.25, -0.2) is 0 Å². The number of hydrogen-bond acceptors (Lipinski definition) is 4. The minimum absolute atomic E-state index is 0.0889. The molecule has 0 bridgehead atoms. The number of quaternary nitrogens is 1. The highest BCUT2D eigenvalue weighted by Crippen LogP contribution is 2.26. The van der Waals surface area contributed by atoms with Crippen LogP contribution in [0.15, 0.2) is 89.7 Å². The minimum atomic E-state index is -0.616. The van der Waals surface area contributed by atoms with Crippen LogP contribution < -0.4 is 10.9 Å². The lowest BCUT2D eigenvalue weighted by Crippen LogP contribution is -2.87. The predicted octanol–water partition coefficient (Wildman–Crippen LogP) is 3.50. The number of Topliss-reactive ketones (excluding diaryl/α,β-unsaturated/α-hetero) is 1. The number of ketones is 1. The summed E-state index contributed by atoms with van der Waals surface area (Å²) in [4.78, 5) is 27.2. The van der Waals surface area contributed by atoms with Crippen LogP contribution in [-0.2, 0) is 6.42 Å². The molecule has 0 unspecified atom stereocenters. The molecule has 34 heavy (non-hydrogen) atoms. The standard InChI is InChI=1S/C27H23N3O3S/c31-23(17-22-21-14-8-7-9-18(21)15-16-28-22)24-25(32)29(19-10-3-1-4-11-19)27(34)30(26(24)33)20-12-5-2-6-13-20/h1-14,22,28,32H,15-17H2/p+1/t22-/m1/s1. The van der Waals surface area contributed by atoms with Gasteiger partial charge in [0.1, 0.15) is 11.6 Å². The molecule has 7 heteroatoms. The van der Waals surface area contributed by atoms with Crippen molar-refractivity contribution in [3.05, 3.63) is 117 Å². The van der Waals surface area contributed by atoms with E-state index in [1.54, 1.807) is 36.4 Å². The average molecular weight is 471 g/mol. The maximum atomic E-state index is 13.6. The SMILES string of the molecule is O=C(C[C@H]1[NH2+]CCc2ccccc21)c1c(O)n(-c2ccccc2)c(=S)n(-c2ccccc2)c1=O. The lowest BCUT2D eigenvalue weighted by atomic mass is 9.90. The highest BCUT2D eigenvalue weighted by molar-refractivity contribution is 7.71. The van der Waals surface area contributed by atoms with Crippen molar-refractivity contribution < 1.29 is 15.2 Å². The first-order chi connectivity index (χ1) is 16.6. The van der Waals surface area contributed by atoms with E-state index < -0.39 is 17.2 Å². The van der Waals surface area contributed by atoms with Crippen LogP contribution in [0.1, 0.15) is 33.9 Å². The van der Waals surface area contributed by atoms with Crippen LogP contribution in [0.5, 0.6) is 5.88 Å². The first kappa shape index (κ1) is 22.0. The van der Waals surface area contributed by atoms with Gasteiger partial charge in [0.05, 0.1) is 24.3 Å². The number of nitrogens with zero attached hydrogens (tertiary/aromatic N) is 2. The van der Waals surface area contributed by atoms with Crippen molar-refractivity contribution in [2.45, 2.75) is 18.9 Å². The maximum Gasteiger partial charge on any atom is 0.273 e. The van der Waals surface area contributed by atoms with E-state index in [2.05, 4.69) is 11.4 Å². The Morgan fingerprint density at radius 1 is 0.912 bits per heavy atom. The number of hydrogen-bond donors (Lipinski definition) is 2. The molecule has 2 heterocycles. The van der Waals surface area contributed by atoms with E-state index in [-0.39, 0.29) is 22.8 Å². The van der Waals surface area contributed by atoms with Crippen molar-refractivity contribution in [1.82, 2.24) is 9.13 Å². The van der Waals surface area contributed by atoms with Crippen molar-refractivity contribution >= 4 is 18.0 Å². The summed E-state index contributed by atoms with van der Waals surface area (Å²) in [6.07, 6.45) is 1.03. The van der Waals surface area contributed by atoms with E-state index in [1.165, 1.54) is 14.7 Å². The molecule has 0 amide bonds. The number of carbonyl (C=O) groups excluding carboxylic acids is 1. The summed E-state index contributed by atoms with van der Waals surface area (Å²) in [6, 6.07) is 25.9. The number of para-hydroxylation sites is 2. The summed E-state index contributed by atoms with van der Waals surface area (Å²) in [5.74, 6) is -0.840. The van der Waals surface area contributed by atoms with E-state index in [1.807, 2.05) is 42.5 Å². The van der Waals surface area contributed by atoms with E-state index in [9.17, 15) is 14.7 Å². The van der Waals surface area contributed by atoms with E-state index in [4.69, 9.17) is 12.2 Å². The smallest absolute Gasteiger partial charge is 0.273 e. The maximum absolute atomic E-state index is 13.6. The molecular weight excluding hydrogens is 446 g/mol. The quantitative estimate of drug-likeness (QED) is 0.346. The third-order valence-electron chi connectivity index (χ3n) is 6.27. The van der Waals surface area contributed by atoms with Gasteiger partial charge in [-0.05, 0) is 42.0 Å². The monoisotopic (exact) mass is 470 g/mol. The summed E-state index contributed by atoms with van der Waals surface area (Å²) >= 11 is 5.64. The van der Waals surface area contributed by atoms with Crippen LogP contribution in [0.25, 0.3) is 11.4 Å². The lowest BCUT2D eigenvalue weighted by Gasteiger charge is -2.23. The average Bonchev–Trinajstić information content (AvgIpc) is 2.85. The van der Waals surface area contributed by atoms with Crippen molar-refractivity contribution in [2.75, 3.05) is 6.54 Å². The summed E-state index contributed by atoms with van der Waals surface area (Å²) in [7, 11) is 0. The second-order valence-corrected chi connectivity index (χ2v) is 8.70. The third-order valence-corrected chi connectivity index (χ3v) is 6.63. The zero-order chi connectivity index (χ0) is 23.7. The molecule has 6 nitrogen and oxygen atoms in total. The van der Waals surface area contributed by atoms with Crippen LogP contribution >= 0.6 is 12.2 Å². The van der Waals surface area contributed by atoms with Crippen molar-refractivity contribution in [3.8, 4) is 17.3 Å². The Labute approximate surface area is 201 Å². The number of benzene rings is 3. The van der Waals surface area contributed by atoms with E-state index in [0.717, 1.165) is 18.5 Å². The van der Waals surface area contributed by atoms with Crippen LogP contribution in [-0.4, -0.2) is 26.6 Å². The van der Waals surface area contributed by atoms with Crippen molar-refractivity contribution in [1.29, 1.82) is 0 Å². The number of aromatic hydroxyl groups is 1. The van der Waals surface area contributed by atoms with Gasteiger partial charge in [0.25, 0.3) is 5.56 Å². The molecule has 0 saturated heterocycles. The van der Waals surface area contributed by atoms with Crippen molar-refractivity contribution in [2.24, 2.45) is 0 Å². The molecule has 1 aliphatic rings. The Balaban J connectivity index is 1.68. The minimum Gasteiger partial charge on any atom is -0.493 e. The second-order valence-electron chi connectivity index (χ2n) is 8.34. The first-order valence-electron chi connectivity index (χ1n) is 11.2. The van der Waals surface area contributed by atoms with Gasteiger partial charge in [-0.1, -0.05) is 60.7 Å². The van der Waals surface area contributed by atoms with Crippen LogP contribution in [0.2, 0.25) is 0 Å². The predicted molar refractivity (Wildman–Crippen MR) is 132 cm³/mol. The van der Waals surface area contributed by atoms with Gasteiger partial charge in [0.2, 0.25) is 5.88 Å². The van der Waals surface area contributed by atoms with Gasteiger partial charge in [-0.2, -0.15) is 0 Å². The fourth-order valence-corrected chi connectivity index (χ4v) is 5.02. The Morgan fingerprint density at radius 2 is 1.50 bits per heavy atom. The van der Waals surface area contributed by atoms with Gasteiger partial charge in [-0.15, -0.1) is 0 Å². The van der Waals surface area contributed by atoms with Crippen molar-refractivity contribution in [3.63, 3.8) is 0 Å². The summed E-state index contributed by atoms with van der Waals surface area (Å²) in [6.45, 7) is 0.865. The molecule has 5 rings (SSSR count). The molecule has 0 saturated carbocycles. The number of aromatic nitrogens is 2. The van der Waals surface area contributed by atoms with E-state index in [0.29, 0.717) is 11.4 Å². The van der Waals surface area contributed by atoms with Gasteiger partial charge < -0.3 is 10.4 Å². The molecule has 0 fully saturated rings. The Kier molecular flexibility index (Phi) is 5.96. The molecular formula is C27H24N3O3S+. The first-order valence-corrected chi connectivity index (χ1v) is 11.6. The molecule has 3 aromatic carbocycles. The number of nitrogens with two attached hydrogens (primary N) is 1. The largest absolute Gasteiger partial charge is 0.493 e. The highest BCUT2D eigenvalue weighted by Gasteiger charge is 2.30. The molecule has 1 aliphatic heterocycles. The fourth-order valence-electron chi connectivity index (χ4n) is 4.64. The second kappa shape index (κ2) is 9.21. The van der Waals surface area contributed by atoms with Crippen LogP contribution in [0, 0.1) is 4.77 Å². The highest BCUT2D eigenvalue weighted by atomic mass is 32.1. The van der Waals surface area contributed by atoms with Gasteiger partial charge in [0.15, 0.2) is 10.6 Å². The topological polar surface area (TPSA) is 80.8 Å². The molecule has 0 aliphatic carbocycles. The Bertz CT molecular complexity index is 1480. The third kappa shape index (κ3) is 3.89. The molecule has 1 aromatic heterocycles. The molecule has 4 aromatic rings. The summed E-state index contributed by atoms with van der Waals surface area (Å²) in [5, 5.41) is 13.3. The van der Waals surface area contributed by atoms with Crippen LogP contribution in [0.3, 0.4) is 0 Å². The molecule has 0 radical (unpaired) electrons. The molecule has 0 spiro atoms. The molecule has 1 atom stereocenters. The van der Waals surface area contributed by atoms with Gasteiger partial charge in [-0.3, -0.25) is 18.7 Å². The molecule has 3 N–H and O–H groups in total. The molecule has 170 valence electrons. The van der Waals surface area contributed by atoms with E-state index >= 15 is 0 Å². The van der Waals surface area contributed by atoms with Gasteiger partial charge >= 0.3 is 0 Å². The Hall–Kier alpha value is -3.81. The van der Waals surface area contributed by atoms with Gasteiger partial charge in [0, 0.05) is 12.0 Å². The zero-order valence-electron chi connectivity index (χ0n) is 18.4. The summed E-state index contributed by atoms with van der Waals surface area (Å²) in [5.41, 5.74) is 2.55. The lowest BCUT2D eigenvalue weighted by molar-refractivity contribution is -0.697. The number of carbonyl (C=O) groups is 1. The number of rotatable bonds is 5. The number of fused-ring (bicyclic) bond motifs is 1. The fraction of sp³-hybridized carbons (Fsp3) is 0.148.